The van der Waals surface area contributed by atoms with E-state index in [9.17, 15) is 9.90 Å². The van der Waals surface area contributed by atoms with Crippen molar-refractivity contribution < 1.29 is 14.6 Å². The third-order valence-electron chi connectivity index (χ3n) is 3.23. The summed E-state index contributed by atoms with van der Waals surface area (Å²) in [5.41, 5.74) is 1.52. The number of carbonyl (C=O) groups is 1. The zero-order valence-corrected chi connectivity index (χ0v) is 11.9. The van der Waals surface area contributed by atoms with E-state index in [-0.39, 0.29) is 11.7 Å². The highest BCUT2D eigenvalue weighted by atomic mass is 16.5. The van der Waals surface area contributed by atoms with Crippen LogP contribution in [0.15, 0.2) is 48.7 Å². The van der Waals surface area contributed by atoms with Crippen LogP contribution in [0, 0.1) is 0 Å². The number of anilines is 1. The zero-order chi connectivity index (χ0) is 15.5. The van der Waals surface area contributed by atoms with Crippen molar-refractivity contribution in [1.29, 1.82) is 0 Å². The monoisotopic (exact) mass is 297 g/mol. The average Bonchev–Trinajstić information content (AvgIpc) is 2.97. The lowest BCUT2D eigenvalue weighted by Gasteiger charge is -2.14. The number of phenolic OH excluding ortho intramolecular Hbond substituents is 1. The molecule has 3 rings (SSSR count). The number of carbonyl (C=O) groups excluding carboxylic acids is 1. The number of fused-ring (bicyclic) bond motifs is 1. The number of hydrogen-bond donors (Lipinski definition) is 3. The molecule has 6 nitrogen and oxygen atoms in total. The van der Waals surface area contributed by atoms with Crippen LogP contribution in [-0.2, 0) is 4.79 Å². The van der Waals surface area contributed by atoms with Gasteiger partial charge in [-0.1, -0.05) is 0 Å². The van der Waals surface area contributed by atoms with Crippen LogP contribution in [0.5, 0.6) is 11.5 Å². The minimum Gasteiger partial charge on any atom is -0.508 e. The van der Waals surface area contributed by atoms with E-state index in [1.54, 1.807) is 25.3 Å². The fourth-order valence-corrected chi connectivity index (χ4v) is 2.04. The smallest absolute Gasteiger partial charge is 0.265 e. The largest absolute Gasteiger partial charge is 0.508 e. The lowest BCUT2D eigenvalue weighted by Crippen LogP contribution is -2.30. The van der Waals surface area contributed by atoms with Crippen molar-refractivity contribution >= 4 is 22.5 Å². The minimum absolute atomic E-state index is 0.150. The number of aromatic amines is 1. The van der Waals surface area contributed by atoms with Crippen molar-refractivity contribution in [3.05, 3.63) is 48.7 Å². The molecule has 1 aromatic heterocycles. The molecule has 0 aliphatic heterocycles. The van der Waals surface area contributed by atoms with E-state index in [0.717, 1.165) is 10.9 Å². The molecule has 1 amide bonds. The van der Waals surface area contributed by atoms with Gasteiger partial charge >= 0.3 is 0 Å². The number of nitrogens with zero attached hydrogens (tertiary/aromatic N) is 1. The number of amides is 1. The lowest BCUT2D eigenvalue weighted by molar-refractivity contribution is -0.122. The summed E-state index contributed by atoms with van der Waals surface area (Å²) in [6.45, 7) is 1.66. The average molecular weight is 297 g/mol. The van der Waals surface area contributed by atoms with Crippen LogP contribution in [0.2, 0.25) is 0 Å². The van der Waals surface area contributed by atoms with Gasteiger partial charge in [0.1, 0.15) is 11.5 Å². The van der Waals surface area contributed by atoms with E-state index in [0.29, 0.717) is 11.4 Å². The Morgan fingerprint density at radius 2 is 2.05 bits per heavy atom. The van der Waals surface area contributed by atoms with E-state index < -0.39 is 6.10 Å². The fourth-order valence-electron chi connectivity index (χ4n) is 2.04. The number of H-pyrrole nitrogens is 1. The summed E-state index contributed by atoms with van der Waals surface area (Å²) in [5.74, 6) is 0.411. The quantitative estimate of drug-likeness (QED) is 0.691. The molecule has 112 valence electrons. The van der Waals surface area contributed by atoms with E-state index in [2.05, 4.69) is 15.5 Å². The number of hydrogen-bond acceptors (Lipinski definition) is 4. The molecule has 1 heterocycles. The molecular formula is C16H15N3O3. The molecule has 3 N–H and O–H groups in total. The topological polar surface area (TPSA) is 87.2 Å². The first-order valence-corrected chi connectivity index (χ1v) is 6.81. The van der Waals surface area contributed by atoms with E-state index >= 15 is 0 Å². The molecule has 1 atom stereocenters. The van der Waals surface area contributed by atoms with Crippen LogP contribution in [0.25, 0.3) is 10.9 Å². The van der Waals surface area contributed by atoms with Gasteiger partial charge in [-0.3, -0.25) is 9.89 Å². The standard InChI is InChI=1S/C16H15N3O3/c1-10(22-14-6-4-13(20)5-7-14)16(21)18-12-3-2-11-9-17-19-15(11)8-12/h2-10,20H,1H3,(H,17,19)(H,18,21). The molecule has 0 bridgehead atoms. The zero-order valence-electron chi connectivity index (χ0n) is 11.9. The van der Waals surface area contributed by atoms with E-state index in [1.165, 1.54) is 12.1 Å². The molecule has 0 spiro atoms. The maximum Gasteiger partial charge on any atom is 0.265 e. The fraction of sp³-hybridized carbons (Fsp3) is 0.125. The normalized spacial score (nSPS) is 12.0. The van der Waals surface area contributed by atoms with E-state index in [4.69, 9.17) is 4.74 Å². The summed E-state index contributed by atoms with van der Waals surface area (Å²) in [5, 5.41) is 19.8. The van der Waals surface area contributed by atoms with Gasteiger partial charge in [0.05, 0.1) is 11.7 Å². The number of benzene rings is 2. The van der Waals surface area contributed by atoms with Crippen molar-refractivity contribution in [3.63, 3.8) is 0 Å². The third kappa shape index (κ3) is 3.01. The number of phenols is 1. The minimum atomic E-state index is -0.665. The molecule has 1 unspecified atom stereocenters. The van der Waals surface area contributed by atoms with Gasteiger partial charge in [-0.2, -0.15) is 5.10 Å². The van der Waals surface area contributed by atoms with Crippen molar-refractivity contribution in [2.24, 2.45) is 0 Å². The number of aromatic nitrogens is 2. The molecule has 3 aromatic rings. The van der Waals surface area contributed by atoms with Crippen molar-refractivity contribution in [3.8, 4) is 11.5 Å². The number of rotatable bonds is 4. The predicted octanol–water partition coefficient (Wildman–Crippen LogP) is 2.67. The first-order chi connectivity index (χ1) is 10.6. The third-order valence-corrected chi connectivity index (χ3v) is 3.23. The maximum absolute atomic E-state index is 12.1. The lowest BCUT2D eigenvalue weighted by atomic mass is 10.2. The van der Waals surface area contributed by atoms with Gasteiger partial charge in [0, 0.05) is 11.1 Å². The second-order valence-electron chi connectivity index (χ2n) is 4.92. The number of nitrogens with one attached hydrogen (secondary N) is 2. The highest BCUT2D eigenvalue weighted by molar-refractivity contribution is 5.96. The van der Waals surface area contributed by atoms with Crippen LogP contribution in [0.4, 0.5) is 5.69 Å². The Bertz CT molecular complexity index is 796. The second-order valence-corrected chi connectivity index (χ2v) is 4.92. The first kappa shape index (κ1) is 13.9. The molecule has 6 heteroatoms. The SMILES string of the molecule is CC(Oc1ccc(O)cc1)C(=O)Nc1ccc2cn[nH]c2c1. The molecule has 0 saturated carbocycles. The number of aromatic hydroxyl groups is 1. The Balaban J connectivity index is 1.66. The van der Waals surface area contributed by atoms with Crippen LogP contribution in [0.1, 0.15) is 6.92 Å². The Kier molecular flexibility index (Phi) is 3.65. The van der Waals surface area contributed by atoms with Gasteiger partial charge < -0.3 is 15.2 Å². The van der Waals surface area contributed by atoms with Gasteiger partial charge in [-0.15, -0.1) is 0 Å². The Hall–Kier alpha value is -3.02. The Morgan fingerprint density at radius 3 is 2.82 bits per heavy atom. The summed E-state index contributed by atoms with van der Waals surface area (Å²) in [6.07, 6.45) is 1.05. The maximum atomic E-state index is 12.1. The van der Waals surface area contributed by atoms with Gasteiger partial charge in [-0.25, -0.2) is 0 Å². The molecule has 2 aromatic carbocycles. The summed E-state index contributed by atoms with van der Waals surface area (Å²) < 4.78 is 5.53. The van der Waals surface area contributed by atoms with Crippen LogP contribution >= 0.6 is 0 Å². The van der Waals surface area contributed by atoms with Crippen LogP contribution < -0.4 is 10.1 Å². The summed E-state index contributed by atoms with van der Waals surface area (Å²) in [7, 11) is 0. The van der Waals surface area contributed by atoms with Crippen molar-refractivity contribution in [1.82, 2.24) is 10.2 Å². The molecule has 0 fully saturated rings. The van der Waals surface area contributed by atoms with Gasteiger partial charge in [-0.05, 0) is 49.4 Å². The highest BCUT2D eigenvalue weighted by Crippen LogP contribution is 2.19. The Morgan fingerprint density at radius 1 is 1.27 bits per heavy atom. The second kappa shape index (κ2) is 5.77. The van der Waals surface area contributed by atoms with Crippen LogP contribution in [0.3, 0.4) is 0 Å². The van der Waals surface area contributed by atoms with Crippen molar-refractivity contribution in [2.45, 2.75) is 13.0 Å². The molecular weight excluding hydrogens is 282 g/mol. The summed E-state index contributed by atoms with van der Waals surface area (Å²) in [6, 6.07) is 11.7. The number of ether oxygens (including phenoxy) is 1. The van der Waals surface area contributed by atoms with Gasteiger partial charge in [0.15, 0.2) is 6.10 Å². The summed E-state index contributed by atoms with van der Waals surface area (Å²) >= 11 is 0. The molecule has 0 saturated heterocycles. The molecule has 0 aliphatic rings. The summed E-state index contributed by atoms with van der Waals surface area (Å²) in [4.78, 5) is 12.1. The van der Waals surface area contributed by atoms with Gasteiger partial charge in [0.2, 0.25) is 0 Å². The predicted molar refractivity (Wildman–Crippen MR) is 82.9 cm³/mol. The van der Waals surface area contributed by atoms with Crippen LogP contribution in [-0.4, -0.2) is 27.3 Å². The molecule has 22 heavy (non-hydrogen) atoms. The van der Waals surface area contributed by atoms with E-state index in [1.807, 2.05) is 18.2 Å². The molecule has 0 aliphatic carbocycles. The van der Waals surface area contributed by atoms with Crippen molar-refractivity contribution in [2.75, 3.05) is 5.32 Å². The van der Waals surface area contributed by atoms with Gasteiger partial charge in [0.25, 0.3) is 5.91 Å². The molecule has 0 radical (unpaired) electrons. The highest BCUT2D eigenvalue weighted by Gasteiger charge is 2.15. The first-order valence-electron chi connectivity index (χ1n) is 6.81. The Labute approximate surface area is 126 Å².